The lowest BCUT2D eigenvalue weighted by Crippen LogP contribution is -2.24. The van der Waals surface area contributed by atoms with Crippen LogP contribution in [0, 0.1) is 12.8 Å². The summed E-state index contributed by atoms with van der Waals surface area (Å²) in [6.07, 6.45) is 0.726. The minimum Gasteiger partial charge on any atom is -0.497 e. The van der Waals surface area contributed by atoms with Crippen molar-refractivity contribution in [2.45, 2.75) is 20.3 Å². The lowest BCUT2D eigenvalue weighted by atomic mass is 9.92. The van der Waals surface area contributed by atoms with Gasteiger partial charge in [0.25, 0.3) is 0 Å². The van der Waals surface area contributed by atoms with E-state index in [2.05, 4.69) is 0 Å². The van der Waals surface area contributed by atoms with Gasteiger partial charge in [0, 0.05) is 18.5 Å². The Bertz CT molecular complexity index is 425. The van der Waals surface area contributed by atoms with Crippen molar-refractivity contribution in [2.24, 2.45) is 11.7 Å². The van der Waals surface area contributed by atoms with Crippen LogP contribution in [0.5, 0.6) is 11.5 Å². The van der Waals surface area contributed by atoms with E-state index in [0.717, 1.165) is 12.0 Å². The van der Waals surface area contributed by atoms with Gasteiger partial charge in [-0.25, -0.2) is 0 Å². The zero-order valence-electron chi connectivity index (χ0n) is 11.4. The minimum absolute atomic E-state index is 0.0389. The zero-order chi connectivity index (χ0) is 13.7. The highest BCUT2D eigenvalue weighted by atomic mass is 16.5. The molecule has 0 saturated heterocycles. The molecule has 0 aromatic heterocycles. The molecule has 0 aliphatic rings. The van der Waals surface area contributed by atoms with Crippen LogP contribution < -0.4 is 15.2 Å². The summed E-state index contributed by atoms with van der Waals surface area (Å²) < 4.78 is 10.5. The van der Waals surface area contributed by atoms with Crippen LogP contribution in [0.3, 0.4) is 0 Å². The van der Waals surface area contributed by atoms with Gasteiger partial charge < -0.3 is 15.2 Å². The first-order chi connectivity index (χ1) is 8.58. The molecule has 2 N–H and O–H groups in total. The van der Waals surface area contributed by atoms with Crippen LogP contribution in [0.15, 0.2) is 12.1 Å². The predicted octanol–water partition coefficient (Wildman–Crippen LogP) is 2.18. The first-order valence-electron chi connectivity index (χ1n) is 6.05. The maximum absolute atomic E-state index is 12.4. The number of carbonyl (C=O) groups is 1. The van der Waals surface area contributed by atoms with Crippen molar-refractivity contribution in [3.05, 3.63) is 23.3 Å². The number of methoxy groups -OCH3 is 2. The van der Waals surface area contributed by atoms with E-state index in [9.17, 15) is 4.79 Å². The molecule has 0 amide bonds. The minimum atomic E-state index is -0.161. The molecular weight excluding hydrogens is 230 g/mol. The molecule has 1 aromatic carbocycles. The number of carbonyl (C=O) groups excluding carboxylic acids is 1. The fraction of sp³-hybridized carbons (Fsp3) is 0.500. The Morgan fingerprint density at radius 2 is 2.00 bits per heavy atom. The van der Waals surface area contributed by atoms with Gasteiger partial charge in [-0.2, -0.15) is 0 Å². The fourth-order valence-corrected chi connectivity index (χ4v) is 1.98. The number of ketones is 1. The summed E-state index contributed by atoms with van der Waals surface area (Å²) in [5, 5.41) is 0. The summed E-state index contributed by atoms with van der Waals surface area (Å²) in [5.41, 5.74) is 7.09. The lowest BCUT2D eigenvalue weighted by Gasteiger charge is -2.17. The van der Waals surface area contributed by atoms with Gasteiger partial charge in [-0.1, -0.05) is 6.92 Å². The molecule has 4 heteroatoms. The molecule has 1 aromatic rings. The normalized spacial score (nSPS) is 12.1. The van der Waals surface area contributed by atoms with Gasteiger partial charge in [-0.15, -0.1) is 0 Å². The number of aryl methyl sites for hydroxylation is 1. The largest absolute Gasteiger partial charge is 0.497 e. The Kier molecular flexibility index (Phi) is 5.16. The molecule has 4 nitrogen and oxygen atoms in total. The summed E-state index contributed by atoms with van der Waals surface area (Å²) in [6.45, 7) is 4.19. The van der Waals surface area contributed by atoms with Gasteiger partial charge in [0.1, 0.15) is 11.5 Å². The van der Waals surface area contributed by atoms with Crippen molar-refractivity contribution in [3.63, 3.8) is 0 Å². The average Bonchev–Trinajstić information content (AvgIpc) is 2.38. The predicted molar refractivity (Wildman–Crippen MR) is 71.4 cm³/mol. The lowest BCUT2D eigenvalue weighted by molar-refractivity contribution is 0.0917. The van der Waals surface area contributed by atoms with Crippen molar-refractivity contribution in [2.75, 3.05) is 20.8 Å². The Hall–Kier alpha value is -1.55. The molecule has 0 bridgehead atoms. The molecule has 100 valence electrons. The van der Waals surface area contributed by atoms with Gasteiger partial charge in [0.05, 0.1) is 19.8 Å². The van der Waals surface area contributed by atoms with Crippen LogP contribution in [-0.4, -0.2) is 26.5 Å². The third-order valence-electron chi connectivity index (χ3n) is 3.12. The molecule has 0 saturated carbocycles. The summed E-state index contributed by atoms with van der Waals surface area (Å²) in [6, 6.07) is 3.56. The molecule has 1 rings (SSSR count). The molecule has 0 fully saturated rings. The highest BCUT2D eigenvalue weighted by Gasteiger charge is 2.23. The van der Waals surface area contributed by atoms with Crippen molar-refractivity contribution in [3.8, 4) is 11.5 Å². The van der Waals surface area contributed by atoms with Crippen molar-refractivity contribution in [1.82, 2.24) is 0 Å². The maximum atomic E-state index is 12.4. The molecule has 0 heterocycles. The van der Waals surface area contributed by atoms with Gasteiger partial charge in [0.2, 0.25) is 0 Å². The molecule has 0 radical (unpaired) electrons. The first kappa shape index (κ1) is 14.5. The van der Waals surface area contributed by atoms with Crippen LogP contribution >= 0.6 is 0 Å². The topological polar surface area (TPSA) is 61.6 Å². The number of benzene rings is 1. The first-order valence-corrected chi connectivity index (χ1v) is 6.05. The summed E-state index contributed by atoms with van der Waals surface area (Å²) in [4.78, 5) is 12.4. The zero-order valence-corrected chi connectivity index (χ0v) is 11.4. The van der Waals surface area contributed by atoms with Crippen LogP contribution in [0.1, 0.15) is 29.3 Å². The maximum Gasteiger partial charge on any atom is 0.171 e. The Labute approximate surface area is 108 Å². The van der Waals surface area contributed by atoms with E-state index in [-0.39, 0.29) is 11.7 Å². The van der Waals surface area contributed by atoms with Crippen molar-refractivity contribution >= 4 is 5.78 Å². The highest BCUT2D eigenvalue weighted by molar-refractivity contribution is 6.02. The van der Waals surface area contributed by atoms with Crippen LogP contribution in [-0.2, 0) is 0 Å². The molecule has 0 aliphatic carbocycles. The van der Waals surface area contributed by atoms with E-state index in [0.29, 0.717) is 23.6 Å². The summed E-state index contributed by atoms with van der Waals surface area (Å²) in [5.74, 6) is 1.11. The Morgan fingerprint density at radius 1 is 1.33 bits per heavy atom. The van der Waals surface area contributed by atoms with E-state index in [1.165, 1.54) is 0 Å². The monoisotopic (exact) mass is 251 g/mol. The van der Waals surface area contributed by atoms with E-state index >= 15 is 0 Å². The Morgan fingerprint density at radius 3 is 2.44 bits per heavy atom. The smallest absolute Gasteiger partial charge is 0.171 e. The number of hydrogen-bond acceptors (Lipinski definition) is 4. The number of Topliss-reactive ketones (excluding diaryl/α,β-unsaturated/α-hetero) is 1. The van der Waals surface area contributed by atoms with Crippen molar-refractivity contribution < 1.29 is 14.3 Å². The van der Waals surface area contributed by atoms with E-state index in [4.69, 9.17) is 15.2 Å². The van der Waals surface area contributed by atoms with Gasteiger partial charge >= 0.3 is 0 Å². The molecule has 1 unspecified atom stereocenters. The highest BCUT2D eigenvalue weighted by Crippen LogP contribution is 2.30. The number of ether oxygens (including phenoxy) is 2. The van der Waals surface area contributed by atoms with E-state index in [1.54, 1.807) is 20.3 Å². The van der Waals surface area contributed by atoms with Gasteiger partial charge in [-0.3, -0.25) is 4.79 Å². The van der Waals surface area contributed by atoms with Crippen LogP contribution in [0.4, 0.5) is 0 Å². The van der Waals surface area contributed by atoms with Crippen LogP contribution in [0.25, 0.3) is 0 Å². The molecule has 18 heavy (non-hydrogen) atoms. The molecular formula is C14H21NO3. The molecule has 0 spiro atoms. The number of hydrogen-bond donors (Lipinski definition) is 1. The summed E-state index contributed by atoms with van der Waals surface area (Å²) >= 11 is 0. The molecule has 0 aliphatic heterocycles. The third-order valence-corrected chi connectivity index (χ3v) is 3.12. The SMILES string of the molecule is CCC(CN)C(=O)c1c(C)cc(OC)cc1OC. The van der Waals surface area contributed by atoms with Gasteiger partial charge in [0.15, 0.2) is 5.78 Å². The van der Waals surface area contributed by atoms with E-state index in [1.807, 2.05) is 19.9 Å². The fourth-order valence-electron chi connectivity index (χ4n) is 1.98. The van der Waals surface area contributed by atoms with Crippen molar-refractivity contribution in [1.29, 1.82) is 0 Å². The number of rotatable bonds is 6. The average molecular weight is 251 g/mol. The third kappa shape index (κ3) is 2.82. The number of nitrogens with two attached hydrogens (primary N) is 1. The second kappa shape index (κ2) is 6.40. The van der Waals surface area contributed by atoms with E-state index < -0.39 is 0 Å². The quantitative estimate of drug-likeness (QED) is 0.787. The van der Waals surface area contributed by atoms with Gasteiger partial charge in [-0.05, 0) is 25.0 Å². The summed E-state index contributed by atoms with van der Waals surface area (Å²) in [7, 11) is 3.14. The molecule has 1 atom stereocenters. The van der Waals surface area contributed by atoms with Crippen LogP contribution in [0.2, 0.25) is 0 Å². The second-order valence-corrected chi connectivity index (χ2v) is 4.23. The Balaban J connectivity index is 3.26. The second-order valence-electron chi connectivity index (χ2n) is 4.23. The standard InChI is InChI=1S/C14H21NO3/c1-5-10(8-15)14(16)13-9(2)6-11(17-3)7-12(13)18-4/h6-7,10H,5,8,15H2,1-4H3.